The number of para-hydroxylation sites is 1. The van der Waals surface area contributed by atoms with Crippen LogP contribution in [0.3, 0.4) is 0 Å². The Morgan fingerprint density at radius 3 is 2.54 bits per heavy atom. The molecule has 4 aromatic rings. The Bertz CT molecular complexity index is 1320. The largest absolute Gasteiger partial charge is 0.325 e. The van der Waals surface area contributed by atoms with Crippen molar-refractivity contribution in [2.45, 2.75) is 32.0 Å². The fourth-order valence-electron chi connectivity index (χ4n) is 3.56. The molecular weight excluding hydrogens is 460 g/mol. The van der Waals surface area contributed by atoms with Gasteiger partial charge in [0.05, 0.1) is 17.0 Å². The van der Waals surface area contributed by atoms with Crippen molar-refractivity contribution in [3.05, 3.63) is 84.2 Å². The first kappa shape index (κ1) is 24.2. The van der Waals surface area contributed by atoms with Gasteiger partial charge in [0.1, 0.15) is 0 Å². The van der Waals surface area contributed by atoms with Crippen LogP contribution in [0, 0.1) is 6.92 Å². The third-order valence-corrected chi connectivity index (χ3v) is 6.12. The molecule has 0 aliphatic rings. The van der Waals surface area contributed by atoms with Crippen molar-refractivity contribution in [1.29, 1.82) is 0 Å². The number of pyridine rings is 1. The van der Waals surface area contributed by atoms with E-state index in [1.54, 1.807) is 36.7 Å². The van der Waals surface area contributed by atoms with Crippen molar-refractivity contribution in [3.8, 4) is 11.4 Å². The number of amides is 2. The van der Waals surface area contributed by atoms with Crippen molar-refractivity contribution >= 4 is 35.0 Å². The Morgan fingerprint density at radius 1 is 0.971 bits per heavy atom. The number of nitrogens with zero attached hydrogens (tertiary/aromatic N) is 4. The highest BCUT2D eigenvalue weighted by Gasteiger charge is 2.17. The molecule has 9 heteroatoms. The smallest absolute Gasteiger partial charge is 0.257 e. The van der Waals surface area contributed by atoms with Crippen LogP contribution in [0.2, 0.25) is 0 Å². The molecule has 0 radical (unpaired) electrons. The molecule has 0 aliphatic heterocycles. The van der Waals surface area contributed by atoms with Gasteiger partial charge in [0.2, 0.25) is 5.91 Å². The molecule has 8 nitrogen and oxygen atoms in total. The summed E-state index contributed by atoms with van der Waals surface area (Å²) < 4.78 is 2.01. The zero-order valence-electron chi connectivity index (χ0n) is 19.6. The zero-order chi connectivity index (χ0) is 24.6. The number of carbonyl (C=O) groups excluding carboxylic acids is 2. The maximum Gasteiger partial charge on any atom is 0.257 e. The van der Waals surface area contributed by atoms with Gasteiger partial charge in [-0.05, 0) is 55.3 Å². The average Bonchev–Trinajstić information content (AvgIpc) is 3.26. The van der Waals surface area contributed by atoms with Gasteiger partial charge in [0.25, 0.3) is 5.91 Å². The number of rotatable bonds is 9. The van der Waals surface area contributed by atoms with Crippen molar-refractivity contribution in [2.24, 2.45) is 0 Å². The molecule has 178 valence electrons. The molecule has 0 saturated carbocycles. The van der Waals surface area contributed by atoms with E-state index in [9.17, 15) is 9.59 Å². The fourth-order valence-corrected chi connectivity index (χ4v) is 4.33. The average molecular weight is 487 g/mol. The van der Waals surface area contributed by atoms with E-state index < -0.39 is 0 Å². The third-order valence-electron chi connectivity index (χ3n) is 5.16. The van der Waals surface area contributed by atoms with E-state index in [1.165, 1.54) is 11.8 Å². The highest BCUT2D eigenvalue weighted by Crippen LogP contribution is 2.25. The Hall–Kier alpha value is -3.98. The number of nitrogens with one attached hydrogen (secondary N) is 2. The number of hydrogen-bond donors (Lipinski definition) is 2. The van der Waals surface area contributed by atoms with Gasteiger partial charge in [-0.15, -0.1) is 10.2 Å². The Balaban J connectivity index is 1.44. The highest BCUT2D eigenvalue weighted by atomic mass is 32.2. The van der Waals surface area contributed by atoms with Crippen LogP contribution in [0.15, 0.2) is 78.2 Å². The maximum atomic E-state index is 12.9. The molecular formula is C26H26N6O2S. The minimum absolute atomic E-state index is 0.131. The Morgan fingerprint density at radius 2 is 1.77 bits per heavy atom. The number of hydrogen-bond acceptors (Lipinski definition) is 6. The standard InChI is InChI=1S/C26H26N6O2S/c1-3-15-32-24(19-11-13-27-14-12-19)30-31-26(32)35-17-23(33)29-22-10-5-4-9-21(22)25(34)28-20-8-6-7-18(2)16-20/h4-14,16H,3,15,17H2,1-2H3,(H,28,34)(H,29,33). The Kier molecular flexibility index (Phi) is 7.89. The van der Waals surface area contributed by atoms with Crippen LogP contribution >= 0.6 is 11.8 Å². The highest BCUT2D eigenvalue weighted by molar-refractivity contribution is 7.99. The van der Waals surface area contributed by atoms with Gasteiger partial charge in [-0.2, -0.15) is 0 Å². The third kappa shape index (κ3) is 6.13. The predicted octanol–water partition coefficient (Wildman–Crippen LogP) is 5.04. The van der Waals surface area contributed by atoms with Gasteiger partial charge in [0.15, 0.2) is 11.0 Å². The molecule has 0 atom stereocenters. The lowest BCUT2D eigenvalue weighted by Crippen LogP contribution is -2.19. The normalized spacial score (nSPS) is 10.7. The summed E-state index contributed by atoms with van der Waals surface area (Å²) in [6.45, 7) is 4.77. The summed E-state index contributed by atoms with van der Waals surface area (Å²) in [4.78, 5) is 29.7. The molecule has 0 unspecified atom stereocenters. The monoisotopic (exact) mass is 486 g/mol. The molecule has 2 amide bonds. The number of anilines is 2. The fraction of sp³-hybridized carbons (Fsp3) is 0.192. The van der Waals surface area contributed by atoms with Crippen LogP contribution in [-0.4, -0.2) is 37.3 Å². The van der Waals surface area contributed by atoms with E-state index in [2.05, 4.69) is 32.7 Å². The molecule has 2 aromatic heterocycles. The second-order valence-corrected chi connectivity index (χ2v) is 8.84. The predicted molar refractivity (Wildman–Crippen MR) is 138 cm³/mol. The van der Waals surface area contributed by atoms with E-state index >= 15 is 0 Å². The van der Waals surface area contributed by atoms with Crippen LogP contribution in [0.25, 0.3) is 11.4 Å². The molecule has 2 aromatic carbocycles. The first-order chi connectivity index (χ1) is 17.0. The number of aromatic nitrogens is 4. The van der Waals surface area contributed by atoms with Crippen molar-refractivity contribution in [1.82, 2.24) is 19.7 Å². The molecule has 0 aliphatic carbocycles. The first-order valence-electron chi connectivity index (χ1n) is 11.3. The SMILES string of the molecule is CCCn1c(SCC(=O)Nc2ccccc2C(=O)Nc2cccc(C)c2)nnc1-c1ccncc1. The molecule has 0 bridgehead atoms. The van der Waals surface area contributed by atoms with E-state index in [1.807, 2.05) is 47.9 Å². The van der Waals surface area contributed by atoms with Crippen LogP contribution in [0.5, 0.6) is 0 Å². The summed E-state index contributed by atoms with van der Waals surface area (Å²) in [5.74, 6) is 0.355. The van der Waals surface area contributed by atoms with Crippen molar-refractivity contribution in [2.75, 3.05) is 16.4 Å². The maximum absolute atomic E-state index is 12.9. The van der Waals surface area contributed by atoms with Gasteiger partial charge in [0, 0.05) is 30.2 Å². The van der Waals surface area contributed by atoms with Crippen LogP contribution < -0.4 is 10.6 Å². The number of aryl methyl sites for hydroxylation is 1. The summed E-state index contributed by atoms with van der Waals surface area (Å²) in [6, 6.07) is 18.3. The lowest BCUT2D eigenvalue weighted by atomic mass is 10.1. The first-order valence-corrected chi connectivity index (χ1v) is 12.3. The quantitative estimate of drug-likeness (QED) is 0.321. The molecule has 0 spiro atoms. The van der Waals surface area contributed by atoms with E-state index in [0.29, 0.717) is 22.1 Å². The molecule has 0 saturated heterocycles. The minimum atomic E-state index is -0.288. The summed E-state index contributed by atoms with van der Waals surface area (Å²) in [5.41, 5.74) is 3.51. The summed E-state index contributed by atoms with van der Waals surface area (Å²) in [6.07, 6.45) is 4.33. The van der Waals surface area contributed by atoms with E-state index in [4.69, 9.17) is 0 Å². The number of benzene rings is 2. The summed E-state index contributed by atoms with van der Waals surface area (Å²) in [7, 11) is 0. The number of thioether (sulfide) groups is 1. The van der Waals surface area contributed by atoms with Gasteiger partial charge < -0.3 is 15.2 Å². The van der Waals surface area contributed by atoms with Gasteiger partial charge in [-0.3, -0.25) is 14.6 Å². The van der Waals surface area contributed by atoms with Gasteiger partial charge in [-0.25, -0.2) is 0 Å². The number of carbonyl (C=O) groups is 2. The second-order valence-electron chi connectivity index (χ2n) is 7.90. The molecule has 35 heavy (non-hydrogen) atoms. The van der Waals surface area contributed by atoms with Gasteiger partial charge in [-0.1, -0.05) is 43.0 Å². The van der Waals surface area contributed by atoms with Crippen LogP contribution in [0.1, 0.15) is 29.3 Å². The van der Waals surface area contributed by atoms with Gasteiger partial charge >= 0.3 is 0 Å². The molecule has 2 N–H and O–H groups in total. The summed E-state index contributed by atoms with van der Waals surface area (Å²) >= 11 is 1.31. The van der Waals surface area contributed by atoms with E-state index in [-0.39, 0.29) is 17.6 Å². The zero-order valence-corrected chi connectivity index (χ0v) is 20.4. The second kappa shape index (κ2) is 11.4. The van der Waals surface area contributed by atoms with Crippen LogP contribution in [-0.2, 0) is 11.3 Å². The lowest BCUT2D eigenvalue weighted by molar-refractivity contribution is -0.113. The van der Waals surface area contributed by atoms with Crippen molar-refractivity contribution < 1.29 is 9.59 Å². The summed E-state index contributed by atoms with van der Waals surface area (Å²) in [5, 5.41) is 15.0. The molecule has 0 fully saturated rings. The lowest BCUT2D eigenvalue weighted by Gasteiger charge is -2.12. The van der Waals surface area contributed by atoms with E-state index in [0.717, 1.165) is 29.9 Å². The van der Waals surface area contributed by atoms with Crippen molar-refractivity contribution in [3.63, 3.8) is 0 Å². The molecule has 4 rings (SSSR count). The molecule has 2 heterocycles. The topological polar surface area (TPSA) is 102 Å². The van der Waals surface area contributed by atoms with Crippen LogP contribution in [0.4, 0.5) is 11.4 Å². The Labute approximate surface area is 208 Å². The minimum Gasteiger partial charge on any atom is -0.325 e.